The third-order valence-electron chi connectivity index (χ3n) is 1.87. The summed E-state index contributed by atoms with van der Waals surface area (Å²) >= 11 is 0. The van der Waals surface area contributed by atoms with Gasteiger partial charge in [-0.25, -0.2) is 9.50 Å². The highest BCUT2D eigenvalue weighted by Gasteiger charge is 1.98. The first-order valence-corrected chi connectivity index (χ1v) is 4.19. The SMILES string of the molecule is CCCc1ccnc2ccnn12. The number of hydrogen-bond donors (Lipinski definition) is 0. The van der Waals surface area contributed by atoms with Gasteiger partial charge in [-0.2, -0.15) is 5.10 Å². The zero-order valence-corrected chi connectivity index (χ0v) is 7.07. The van der Waals surface area contributed by atoms with Crippen LogP contribution in [-0.2, 0) is 6.42 Å². The number of rotatable bonds is 2. The first-order chi connectivity index (χ1) is 5.92. The van der Waals surface area contributed by atoms with E-state index in [2.05, 4.69) is 17.0 Å². The summed E-state index contributed by atoms with van der Waals surface area (Å²) < 4.78 is 1.89. The number of nitrogens with zero attached hydrogens (tertiary/aromatic N) is 3. The van der Waals surface area contributed by atoms with Crippen LogP contribution in [0.1, 0.15) is 19.0 Å². The quantitative estimate of drug-likeness (QED) is 0.670. The summed E-state index contributed by atoms with van der Waals surface area (Å²) in [6, 6.07) is 3.93. The van der Waals surface area contributed by atoms with E-state index in [1.54, 1.807) is 6.20 Å². The molecular weight excluding hydrogens is 150 g/mol. The van der Waals surface area contributed by atoms with E-state index in [4.69, 9.17) is 0 Å². The molecule has 62 valence electrons. The predicted octanol–water partition coefficient (Wildman–Crippen LogP) is 1.68. The molecule has 0 atom stereocenters. The lowest BCUT2D eigenvalue weighted by Crippen LogP contribution is -1.98. The molecule has 2 heterocycles. The first kappa shape index (κ1) is 7.28. The Morgan fingerprint density at radius 3 is 3.08 bits per heavy atom. The molecule has 0 unspecified atom stereocenters. The topological polar surface area (TPSA) is 30.2 Å². The van der Waals surface area contributed by atoms with Crippen LogP contribution in [0.5, 0.6) is 0 Å². The summed E-state index contributed by atoms with van der Waals surface area (Å²) in [5, 5.41) is 4.19. The third kappa shape index (κ3) is 1.07. The van der Waals surface area contributed by atoms with Crippen LogP contribution in [0.4, 0.5) is 0 Å². The molecule has 3 heteroatoms. The molecule has 0 aliphatic heterocycles. The maximum atomic E-state index is 4.19. The van der Waals surface area contributed by atoms with Crippen LogP contribution in [0.25, 0.3) is 5.65 Å². The Morgan fingerprint density at radius 1 is 1.33 bits per heavy atom. The van der Waals surface area contributed by atoms with Gasteiger partial charge in [-0.1, -0.05) is 13.3 Å². The Morgan fingerprint density at radius 2 is 2.25 bits per heavy atom. The monoisotopic (exact) mass is 161 g/mol. The molecule has 3 nitrogen and oxygen atoms in total. The average Bonchev–Trinajstić information content (AvgIpc) is 2.53. The number of fused-ring (bicyclic) bond motifs is 1. The van der Waals surface area contributed by atoms with Gasteiger partial charge < -0.3 is 0 Å². The zero-order chi connectivity index (χ0) is 8.39. The van der Waals surface area contributed by atoms with Gasteiger partial charge in [0, 0.05) is 18.0 Å². The number of aromatic nitrogens is 3. The third-order valence-corrected chi connectivity index (χ3v) is 1.87. The van der Waals surface area contributed by atoms with Crippen LogP contribution in [0.3, 0.4) is 0 Å². The van der Waals surface area contributed by atoms with Crippen molar-refractivity contribution in [2.45, 2.75) is 19.8 Å². The van der Waals surface area contributed by atoms with Crippen molar-refractivity contribution in [3.8, 4) is 0 Å². The van der Waals surface area contributed by atoms with Crippen LogP contribution in [0, 0.1) is 0 Å². The molecule has 2 rings (SSSR count). The summed E-state index contributed by atoms with van der Waals surface area (Å²) in [7, 11) is 0. The Labute approximate surface area is 71.1 Å². The van der Waals surface area contributed by atoms with Gasteiger partial charge in [0.15, 0.2) is 5.65 Å². The molecule has 0 amide bonds. The van der Waals surface area contributed by atoms with Gasteiger partial charge in [0.05, 0.1) is 6.20 Å². The highest BCUT2D eigenvalue weighted by atomic mass is 15.2. The van der Waals surface area contributed by atoms with Crippen molar-refractivity contribution in [1.29, 1.82) is 0 Å². The molecule has 0 N–H and O–H groups in total. The summed E-state index contributed by atoms with van der Waals surface area (Å²) in [4.78, 5) is 4.18. The van der Waals surface area contributed by atoms with E-state index in [1.807, 2.05) is 22.8 Å². The van der Waals surface area contributed by atoms with Crippen molar-refractivity contribution < 1.29 is 0 Å². The van der Waals surface area contributed by atoms with Crippen molar-refractivity contribution >= 4 is 5.65 Å². The van der Waals surface area contributed by atoms with Crippen LogP contribution in [0.2, 0.25) is 0 Å². The van der Waals surface area contributed by atoms with Crippen molar-refractivity contribution in [1.82, 2.24) is 14.6 Å². The zero-order valence-electron chi connectivity index (χ0n) is 7.07. The minimum Gasteiger partial charge on any atom is -0.237 e. The minimum atomic E-state index is 0.931. The first-order valence-electron chi connectivity index (χ1n) is 4.19. The van der Waals surface area contributed by atoms with Gasteiger partial charge in [0.1, 0.15) is 0 Å². The summed E-state index contributed by atoms with van der Waals surface area (Å²) in [5.41, 5.74) is 2.16. The van der Waals surface area contributed by atoms with E-state index in [9.17, 15) is 0 Å². The standard InChI is InChI=1S/C9H11N3/c1-2-3-8-4-6-10-9-5-7-11-12(8)9/h4-7H,2-3H2,1H3. The molecule has 0 bridgehead atoms. The number of hydrogen-bond acceptors (Lipinski definition) is 2. The molecule has 0 radical (unpaired) electrons. The van der Waals surface area contributed by atoms with E-state index in [1.165, 1.54) is 5.69 Å². The van der Waals surface area contributed by atoms with Gasteiger partial charge in [0.25, 0.3) is 0 Å². The van der Waals surface area contributed by atoms with Crippen LogP contribution in [-0.4, -0.2) is 14.6 Å². The van der Waals surface area contributed by atoms with E-state index < -0.39 is 0 Å². The molecule has 0 saturated carbocycles. The number of aryl methyl sites for hydroxylation is 1. The normalized spacial score (nSPS) is 10.8. The van der Waals surface area contributed by atoms with Gasteiger partial charge in [-0.15, -0.1) is 0 Å². The fourth-order valence-electron chi connectivity index (χ4n) is 1.33. The summed E-state index contributed by atoms with van der Waals surface area (Å²) in [5.74, 6) is 0. The van der Waals surface area contributed by atoms with Crippen molar-refractivity contribution in [3.05, 3.63) is 30.2 Å². The Kier molecular flexibility index (Phi) is 1.78. The molecule has 2 aromatic heterocycles. The highest BCUT2D eigenvalue weighted by Crippen LogP contribution is 2.04. The van der Waals surface area contributed by atoms with Gasteiger partial charge in [-0.3, -0.25) is 0 Å². The second-order valence-corrected chi connectivity index (χ2v) is 2.79. The Hall–Kier alpha value is -1.38. The lowest BCUT2D eigenvalue weighted by Gasteiger charge is -2.00. The molecule has 0 aromatic carbocycles. The maximum Gasteiger partial charge on any atom is 0.155 e. The second-order valence-electron chi connectivity index (χ2n) is 2.79. The second kappa shape index (κ2) is 2.93. The van der Waals surface area contributed by atoms with Gasteiger partial charge in [-0.05, 0) is 12.5 Å². The fraction of sp³-hybridized carbons (Fsp3) is 0.333. The van der Waals surface area contributed by atoms with E-state index in [-0.39, 0.29) is 0 Å². The molecule has 0 spiro atoms. The molecule has 0 aliphatic carbocycles. The van der Waals surface area contributed by atoms with Crippen LogP contribution in [0.15, 0.2) is 24.5 Å². The molecule has 0 fully saturated rings. The van der Waals surface area contributed by atoms with Gasteiger partial charge >= 0.3 is 0 Å². The molecule has 2 aromatic rings. The summed E-state index contributed by atoms with van der Waals surface area (Å²) in [6.45, 7) is 2.16. The van der Waals surface area contributed by atoms with Crippen molar-refractivity contribution in [2.24, 2.45) is 0 Å². The van der Waals surface area contributed by atoms with Gasteiger partial charge in [0.2, 0.25) is 0 Å². The average molecular weight is 161 g/mol. The molecule has 0 aliphatic rings. The Balaban J connectivity index is 2.57. The Bertz CT molecular complexity index is 378. The van der Waals surface area contributed by atoms with Crippen molar-refractivity contribution in [3.63, 3.8) is 0 Å². The summed E-state index contributed by atoms with van der Waals surface area (Å²) in [6.07, 6.45) is 5.81. The fourth-order valence-corrected chi connectivity index (χ4v) is 1.33. The minimum absolute atomic E-state index is 0.931. The molecular formula is C9H11N3. The van der Waals surface area contributed by atoms with Crippen LogP contribution >= 0.6 is 0 Å². The lowest BCUT2D eigenvalue weighted by atomic mass is 10.2. The predicted molar refractivity (Wildman–Crippen MR) is 47.0 cm³/mol. The largest absolute Gasteiger partial charge is 0.237 e. The molecule has 12 heavy (non-hydrogen) atoms. The van der Waals surface area contributed by atoms with Crippen molar-refractivity contribution in [2.75, 3.05) is 0 Å². The smallest absolute Gasteiger partial charge is 0.155 e. The van der Waals surface area contributed by atoms with E-state index in [0.717, 1.165) is 18.5 Å². The highest BCUT2D eigenvalue weighted by molar-refractivity contribution is 5.36. The molecule has 0 saturated heterocycles. The van der Waals surface area contributed by atoms with E-state index in [0.29, 0.717) is 0 Å². The van der Waals surface area contributed by atoms with E-state index >= 15 is 0 Å². The lowest BCUT2D eigenvalue weighted by molar-refractivity contribution is 0.796. The van der Waals surface area contributed by atoms with Crippen LogP contribution < -0.4 is 0 Å². The maximum absolute atomic E-state index is 4.19.